The third-order valence-corrected chi connectivity index (χ3v) is 10.3. The lowest BCUT2D eigenvalue weighted by Gasteiger charge is -2.08. The van der Waals surface area contributed by atoms with Crippen molar-refractivity contribution in [2.75, 3.05) is 0 Å². The minimum absolute atomic E-state index is 0.190. The Bertz CT molecular complexity index is 3500. The molecule has 0 N–H and O–H groups in total. The molecule has 0 amide bonds. The van der Waals surface area contributed by atoms with Crippen molar-refractivity contribution in [3.8, 4) is 67.5 Å². The zero-order chi connectivity index (χ0) is 41.4. The van der Waals surface area contributed by atoms with Gasteiger partial charge in [-0.15, -0.1) is 0 Å². The molecule has 3 aromatic heterocycles. The normalized spacial score (nSPS) is 12.8. The van der Waals surface area contributed by atoms with Gasteiger partial charge in [-0.25, -0.2) is 15.0 Å². The van der Waals surface area contributed by atoms with Crippen LogP contribution in [0.3, 0.4) is 0 Å². The quantitative estimate of drug-likeness (QED) is 0.171. The van der Waals surface area contributed by atoms with E-state index in [0.29, 0.717) is 23.0 Å². The van der Waals surface area contributed by atoms with Crippen molar-refractivity contribution in [3.63, 3.8) is 0 Å². The molecule has 0 atom stereocenters. The molecule has 0 radical (unpaired) electrons. The maximum absolute atomic E-state index is 8.34. The van der Waals surface area contributed by atoms with Crippen molar-refractivity contribution in [1.82, 2.24) is 15.0 Å². The smallest absolute Gasteiger partial charge is 0.167 e. The van der Waals surface area contributed by atoms with E-state index in [1.807, 2.05) is 97.1 Å². The first-order valence-corrected chi connectivity index (χ1v) is 18.3. The maximum Gasteiger partial charge on any atom is 0.167 e. The molecule has 5 heteroatoms. The van der Waals surface area contributed by atoms with Crippen LogP contribution in [0.4, 0.5) is 0 Å². The molecule has 0 saturated heterocycles. The number of hydrogen-bond acceptors (Lipinski definition) is 5. The lowest BCUT2D eigenvalue weighted by molar-refractivity contribution is 0.668. The Kier molecular flexibility index (Phi) is 6.29. The van der Waals surface area contributed by atoms with E-state index in [1.54, 1.807) is 12.1 Å². The van der Waals surface area contributed by atoms with Gasteiger partial charge in [0.2, 0.25) is 0 Å². The molecule has 3 heterocycles. The first-order valence-electron chi connectivity index (χ1n) is 20.8. The van der Waals surface area contributed by atoms with Gasteiger partial charge in [0.15, 0.2) is 17.5 Å². The van der Waals surface area contributed by atoms with Gasteiger partial charge in [-0.05, 0) is 69.8 Å². The van der Waals surface area contributed by atoms with Gasteiger partial charge in [0.05, 0.1) is 12.4 Å². The van der Waals surface area contributed by atoms with Crippen LogP contribution in [-0.4, -0.2) is 15.0 Å². The highest BCUT2D eigenvalue weighted by atomic mass is 16.3. The van der Waals surface area contributed by atoms with Crippen LogP contribution < -0.4 is 0 Å². The van der Waals surface area contributed by atoms with Gasteiger partial charge in [-0.1, -0.05) is 152 Å². The predicted octanol–water partition coefficient (Wildman–Crippen LogP) is 13.7. The van der Waals surface area contributed by atoms with Gasteiger partial charge >= 0.3 is 0 Å². The molecule has 56 heavy (non-hydrogen) atoms. The number of para-hydroxylation sites is 2. The maximum atomic E-state index is 8.34. The van der Waals surface area contributed by atoms with E-state index < -0.39 is 6.04 Å². The number of fused-ring (bicyclic) bond motifs is 6. The molecule has 0 fully saturated rings. The lowest BCUT2D eigenvalue weighted by atomic mass is 9.97. The Balaban J connectivity index is 0.922. The Morgan fingerprint density at radius 2 is 0.857 bits per heavy atom. The number of nitrogens with zero attached hydrogens (tertiary/aromatic N) is 3. The summed E-state index contributed by atoms with van der Waals surface area (Å²) in [5, 5.41) is 4.02. The van der Waals surface area contributed by atoms with Crippen LogP contribution >= 0.6 is 0 Å². The van der Waals surface area contributed by atoms with Gasteiger partial charge in [0, 0.05) is 32.7 Å². The average molecular weight is 723 g/mol. The number of aromatic nitrogens is 3. The third-order valence-electron chi connectivity index (χ3n) is 10.3. The van der Waals surface area contributed by atoms with Crippen LogP contribution in [0.1, 0.15) is 6.85 Å². The first kappa shape index (κ1) is 27.0. The SMILES string of the molecule is [2H]c1c([2H])c([2H])c(-c2ccc(-c3ccc(-c4ccc5c(c4)oc4cc(-c6nc(-c7ccccc7)nc(-c7cccc8c7oc7ccccc78)n6)ccc45)cc3)cc2)c([2H])c1[2H]. The molecular formula is C51H31N3O2. The summed E-state index contributed by atoms with van der Waals surface area (Å²) in [6.45, 7) is 0. The standard InChI is InChI=1S/C51H31N3O2/c1-3-10-32(11-4-1)33-18-20-34(21-19-33)35-22-24-36(25-23-35)38-26-28-41-42-29-27-39(31-47(42)55-46(41)30-38)50-52-49(37-12-5-2-6-13-37)53-51(54-50)44-16-9-15-43-40-14-7-8-17-45(40)56-48(43)44/h1-31H/i1D,3D,4D,10D,11D. The summed E-state index contributed by atoms with van der Waals surface area (Å²) >= 11 is 0. The minimum Gasteiger partial charge on any atom is -0.456 e. The Morgan fingerprint density at radius 1 is 0.339 bits per heavy atom. The van der Waals surface area contributed by atoms with E-state index in [-0.39, 0.29) is 29.7 Å². The fourth-order valence-corrected chi connectivity index (χ4v) is 7.44. The molecule has 0 unspecified atom stereocenters. The van der Waals surface area contributed by atoms with Crippen LogP contribution in [0, 0.1) is 0 Å². The van der Waals surface area contributed by atoms with Crippen LogP contribution in [0.25, 0.3) is 111 Å². The monoisotopic (exact) mass is 722 g/mol. The summed E-state index contributed by atoms with van der Waals surface area (Å²) in [6.07, 6.45) is 0. The van der Waals surface area contributed by atoms with Crippen LogP contribution in [0.5, 0.6) is 0 Å². The van der Waals surface area contributed by atoms with E-state index in [9.17, 15) is 0 Å². The molecule has 0 bridgehead atoms. The van der Waals surface area contributed by atoms with Crippen molar-refractivity contribution < 1.29 is 15.7 Å². The molecule has 0 aliphatic heterocycles. The third kappa shape index (κ3) is 5.53. The summed E-state index contributed by atoms with van der Waals surface area (Å²) in [7, 11) is 0. The highest BCUT2D eigenvalue weighted by Crippen LogP contribution is 2.38. The molecule has 0 spiro atoms. The second-order valence-electron chi connectivity index (χ2n) is 13.6. The highest BCUT2D eigenvalue weighted by molar-refractivity contribution is 6.09. The first-order chi connectivity index (χ1) is 29.8. The summed E-state index contributed by atoms with van der Waals surface area (Å²) < 4.78 is 53.6. The van der Waals surface area contributed by atoms with Crippen molar-refractivity contribution in [2.45, 2.75) is 0 Å². The van der Waals surface area contributed by atoms with Crippen molar-refractivity contribution in [1.29, 1.82) is 0 Å². The zero-order valence-corrected chi connectivity index (χ0v) is 29.7. The van der Waals surface area contributed by atoms with Gasteiger partial charge in [-0.3, -0.25) is 0 Å². The molecule has 262 valence electrons. The molecule has 11 aromatic rings. The van der Waals surface area contributed by atoms with Crippen LogP contribution in [-0.2, 0) is 0 Å². The van der Waals surface area contributed by atoms with Crippen LogP contribution in [0.15, 0.2) is 197 Å². The number of benzene rings is 8. The molecule has 0 aliphatic rings. The second-order valence-corrected chi connectivity index (χ2v) is 13.6. The summed E-state index contributed by atoms with van der Waals surface area (Å²) in [6, 6.07) is 50.4. The second kappa shape index (κ2) is 13.0. The fraction of sp³-hybridized carbons (Fsp3) is 0. The minimum atomic E-state index is -0.401. The summed E-state index contributed by atoms with van der Waals surface area (Å²) in [5.74, 6) is 1.59. The largest absolute Gasteiger partial charge is 0.456 e. The molecule has 8 aromatic carbocycles. The van der Waals surface area contributed by atoms with Crippen molar-refractivity contribution >= 4 is 43.9 Å². The number of rotatable bonds is 6. The fourth-order valence-electron chi connectivity index (χ4n) is 7.44. The average Bonchev–Trinajstić information content (AvgIpc) is 3.88. The summed E-state index contributed by atoms with van der Waals surface area (Å²) in [4.78, 5) is 15.0. The molecule has 11 rings (SSSR count). The topological polar surface area (TPSA) is 65.0 Å². The zero-order valence-electron chi connectivity index (χ0n) is 34.7. The summed E-state index contributed by atoms with van der Waals surface area (Å²) in [5.41, 5.74) is 10.2. The van der Waals surface area contributed by atoms with Gasteiger partial charge in [0.1, 0.15) is 22.3 Å². The van der Waals surface area contributed by atoms with E-state index in [4.69, 9.17) is 30.6 Å². The highest BCUT2D eigenvalue weighted by Gasteiger charge is 2.19. The van der Waals surface area contributed by atoms with E-state index in [1.165, 1.54) is 0 Å². The molecule has 0 saturated carbocycles. The van der Waals surface area contributed by atoms with Gasteiger partial charge in [0.25, 0.3) is 0 Å². The number of hydrogen-bond donors (Lipinski definition) is 0. The van der Waals surface area contributed by atoms with Crippen molar-refractivity contribution in [3.05, 3.63) is 188 Å². The molecule has 5 nitrogen and oxygen atoms in total. The van der Waals surface area contributed by atoms with Gasteiger partial charge < -0.3 is 8.83 Å². The van der Waals surface area contributed by atoms with Crippen molar-refractivity contribution in [2.24, 2.45) is 0 Å². The van der Waals surface area contributed by atoms with E-state index in [0.717, 1.165) is 82.8 Å². The molecule has 0 aliphatic carbocycles. The number of furan rings is 2. The predicted molar refractivity (Wildman–Crippen MR) is 227 cm³/mol. The van der Waals surface area contributed by atoms with Gasteiger partial charge in [-0.2, -0.15) is 0 Å². The molecular weight excluding hydrogens is 687 g/mol. The van der Waals surface area contributed by atoms with Crippen LogP contribution in [0.2, 0.25) is 0 Å². The lowest BCUT2D eigenvalue weighted by Crippen LogP contribution is -2.00. The Hall–Kier alpha value is -7.63. The van der Waals surface area contributed by atoms with E-state index in [2.05, 4.69) is 48.5 Å². The Morgan fingerprint density at radius 3 is 1.57 bits per heavy atom. The van der Waals surface area contributed by atoms with E-state index >= 15 is 0 Å². The Labute approximate surface area is 329 Å².